The third-order valence-corrected chi connectivity index (χ3v) is 9.04. The van der Waals surface area contributed by atoms with Gasteiger partial charge in [-0.3, -0.25) is 14.5 Å². The van der Waals surface area contributed by atoms with Gasteiger partial charge in [0.2, 0.25) is 11.8 Å². The van der Waals surface area contributed by atoms with E-state index in [9.17, 15) is 40.3 Å². The minimum atomic E-state index is -5.00. The van der Waals surface area contributed by atoms with Crippen LogP contribution in [0.25, 0.3) is 0 Å². The van der Waals surface area contributed by atoms with Gasteiger partial charge in [0.15, 0.2) is 0 Å². The summed E-state index contributed by atoms with van der Waals surface area (Å²) in [6.45, 7) is 6.96. The van der Waals surface area contributed by atoms with Gasteiger partial charge >= 0.3 is 12.4 Å². The predicted molar refractivity (Wildman–Crippen MR) is 146 cm³/mol. The third-order valence-electron chi connectivity index (χ3n) is 9.04. The Bertz CT molecular complexity index is 1300. The molecule has 0 N–H and O–H groups in total. The molecule has 5 nitrogen and oxygen atoms in total. The molecule has 4 rings (SSSR count). The lowest BCUT2D eigenvalue weighted by molar-refractivity contribution is -0.143. The standard InChI is InChI=1S/C31H36F7N3O2/c1-18-13-24(32)5-6-26(18)28-17-41(25-7-10-40(11-8-25)20(3)42)12-9-27(28)29(43)39(4)19(2)21-14-22(30(33,34)35)16-23(15-21)31(36,37)38/h5-6,13-16,19,25,27-28H,7-12,17H2,1-4H3/t19-,27+,28-/m1/s1. The fourth-order valence-corrected chi connectivity index (χ4v) is 6.42. The minimum absolute atomic E-state index is 0.0165. The lowest BCUT2D eigenvalue weighted by atomic mass is 9.77. The zero-order valence-electron chi connectivity index (χ0n) is 24.5. The van der Waals surface area contributed by atoms with Crippen LogP contribution >= 0.6 is 0 Å². The zero-order chi connectivity index (χ0) is 31.9. The van der Waals surface area contributed by atoms with Crippen LogP contribution in [-0.2, 0) is 21.9 Å². The molecule has 0 spiro atoms. The number of nitrogens with zero attached hydrogens (tertiary/aromatic N) is 3. The van der Waals surface area contributed by atoms with E-state index in [1.807, 2.05) is 0 Å². The van der Waals surface area contributed by atoms with Gasteiger partial charge < -0.3 is 9.80 Å². The van der Waals surface area contributed by atoms with Crippen molar-refractivity contribution < 1.29 is 40.3 Å². The number of carbonyl (C=O) groups excluding carboxylic acids is 2. The summed E-state index contributed by atoms with van der Waals surface area (Å²) in [6, 6.07) is 4.82. The smallest absolute Gasteiger partial charge is 0.343 e. The third kappa shape index (κ3) is 7.33. The highest BCUT2D eigenvalue weighted by Crippen LogP contribution is 2.41. The topological polar surface area (TPSA) is 43.9 Å². The molecule has 2 fully saturated rings. The van der Waals surface area contributed by atoms with Crippen molar-refractivity contribution in [3.05, 3.63) is 70.0 Å². The molecule has 0 unspecified atom stereocenters. The highest BCUT2D eigenvalue weighted by molar-refractivity contribution is 5.80. The molecule has 2 amide bonds. The molecule has 0 radical (unpaired) electrons. The maximum absolute atomic E-state index is 14.0. The molecule has 12 heteroatoms. The van der Waals surface area contributed by atoms with E-state index in [4.69, 9.17) is 0 Å². The molecule has 2 heterocycles. The minimum Gasteiger partial charge on any atom is -0.343 e. The van der Waals surface area contributed by atoms with Crippen molar-refractivity contribution in [1.82, 2.24) is 14.7 Å². The fraction of sp³-hybridized carbons (Fsp3) is 0.548. The van der Waals surface area contributed by atoms with Crippen LogP contribution in [0, 0.1) is 18.7 Å². The summed E-state index contributed by atoms with van der Waals surface area (Å²) in [5, 5.41) is 0. The van der Waals surface area contributed by atoms with E-state index in [0.717, 1.165) is 18.4 Å². The second-order valence-electron chi connectivity index (χ2n) is 11.7. The maximum atomic E-state index is 14.0. The number of piperidine rings is 2. The summed E-state index contributed by atoms with van der Waals surface area (Å²) >= 11 is 0. The summed E-state index contributed by atoms with van der Waals surface area (Å²) in [6.07, 6.45) is -8.07. The number of aryl methyl sites for hydroxylation is 1. The Balaban J connectivity index is 1.62. The van der Waals surface area contributed by atoms with Gasteiger partial charge in [0.05, 0.1) is 17.2 Å². The van der Waals surface area contributed by atoms with Crippen LogP contribution in [0.5, 0.6) is 0 Å². The number of alkyl halides is 6. The molecular formula is C31H36F7N3O2. The predicted octanol–water partition coefficient (Wildman–Crippen LogP) is 6.81. The molecule has 2 aliphatic rings. The molecule has 236 valence electrons. The quantitative estimate of drug-likeness (QED) is 0.348. The molecule has 0 aromatic heterocycles. The van der Waals surface area contributed by atoms with E-state index in [1.165, 1.54) is 37.9 Å². The van der Waals surface area contributed by atoms with Gasteiger partial charge in [-0.1, -0.05) is 6.07 Å². The van der Waals surface area contributed by atoms with Crippen molar-refractivity contribution in [2.45, 2.75) is 70.4 Å². The van der Waals surface area contributed by atoms with E-state index in [-0.39, 0.29) is 29.5 Å². The van der Waals surface area contributed by atoms with Gasteiger partial charge in [0.25, 0.3) is 0 Å². The summed E-state index contributed by atoms with van der Waals surface area (Å²) < 4.78 is 95.1. The summed E-state index contributed by atoms with van der Waals surface area (Å²) in [7, 11) is 1.39. The Labute approximate surface area is 246 Å². The number of likely N-dealkylation sites (tertiary alicyclic amines) is 2. The second-order valence-corrected chi connectivity index (χ2v) is 11.7. The molecule has 0 aliphatic carbocycles. The van der Waals surface area contributed by atoms with Crippen molar-refractivity contribution in [3.8, 4) is 0 Å². The van der Waals surface area contributed by atoms with Gasteiger partial charge in [-0.15, -0.1) is 0 Å². The number of hydrogen-bond acceptors (Lipinski definition) is 3. The molecule has 0 bridgehead atoms. The van der Waals surface area contributed by atoms with Crippen molar-refractivity contribution in [2.24, 2.45) is 5.92 Å². The highest BCUT2D eigenvalue weighted by atomic mass is 19.4. The van der Waals surface area contributed by atoms with Crippen molar-refractivity contribution in [2.75, 3.05) is 33.2 Å². The van der Waals surface area contributed by atoms with Crippen LogP contribution in [0.15, 0.2) is 36.4 Å². The average molecular weight is 616 g/mol. The summed E-state index contributed by atoms with van der Waals surface area (Å²) in [5.74, 6) is -1.82. The zero-order valence-corrected chi connectivity index (χ0v) is 24.5. The number of benzene rings is 2. The molecule has 2 aromatic carbocycles. The number of rotatable bonds is 5. The van der Waals surface area contributed by atoms with E-state index in [0.29, 0.717) is 50.3 Å². The van der Waals surface area contributed by atoms with Crippen LogP contribution in [-0.4, -0.2) is 65.8 Å². The fourth-order valence-electron chi connectivity index (χ4n) is 6.42. The van der Waals surface area contributed by atoms with E-state index in [1.54, 1.807) is 17.9 Å². The molecule has 2 saturated heterocycles. The van der Waals surface area contributed by atoms with Gasteiger partial charge in [0.1, 0.15) is 5.82 Å². The van der Waals surface area contributed by atoms with E-state index >= 15 is 0 Å². The Hall–Kier alpha value is -3.15. The maximum Gasteiger partial charge on any atom is 0.416 e. The van der Waals surface area contributed by atoms with Crippen LogP contribution in [0.3, 0.4) is 0 Å². The van der Waals surface area contributed by atoms with Gasteiger partial charge in [-0.25, -0.2) is 4.39 Å². The summed E-state index contributed by atoms with van der Waals surface area (Å²) in [4.78, 5) is 31.1. The van der Waals surface area contributed by atoms with Crippen molar-refractivity contribution >= 4 is 11.8 Å². The van der Waals surface area contributed by atoms with Crippen molar-refractivity contribution in [3.63, 3.8) is 0 Å². The number of hydrogen-bond donors (Lipinski definition) is 0. The first-order valence-corrected chi connectivity index (χ1v) is 14.3. The van der Waals surface area contributed by atoms with Crippen molar-refractivity contribution in [1.29, 1.82) is 0 Å². The lowest BCUT2D eigenvalue weighted by Gasteiger charge is -2.46. The first kappa shape index (κ1) is 32.8. The monoisotopic (exact) mass is 615 g/mol. The van der Waals surface area contributed by atoms with E-state index < -0.39 is 47.2 Å². The lowest BCUT2D eigenvalue weighted by Crippen LogP contribution is -2.52. The normalized spacial score (nSPS) is 21.5. The Morgan fingerprint density at radius 1 is 0.907 bits per heavy atom. The first-order valence-electron chi connectivity index (χ1n) is 14.3. The Morgan fingerprint density at radius 3 is 2.00 bits per heavy atom. The van der Waals surface area contributed by atoms with E-state index in [2.05, 4.69) is 4.90 Å². The molecule has 3 atom stereocenters. The summed E-state index contributed by atoms with van der Waals surface area (Å²) in [5.41, 5.74) is -1.73. The second kappa shape index (κ2) is 12.5. The average Bonchev–Trinajstić information content (AvgIpc) is 2.94. The molecular weight excluding hydrogens is 579 g/mol. The molecule has 2 aliphatic heterocycles. The van der Waals surface area contributed by atoms with Crippen LogP contribution in [0.2, 0.25) is 0 Å². The number of carbonyl (C=O) groups is 2. The SMILES string of the molecule is CC(=O)N1CCC(N2CC[C@H](C(=O)N(C)[C@H](C)c3cc(C(F)(F)F)cc(C(F)(F)F)c3)[C@@H](c3ccc(F)cc3C)C2)CC1. The Morgan fingerprint density at radius 2 is 1.49 bits per heavy atom. The Kier molecular flexibility index (Phi) is 9.49. The van der Waals surface area contributed by atoms with Crippen LogP contribution < -0.4 is 0 Å². The molecule has 43 heavy (non-hydrogen) atoms. The van der Waals surface area contributed by atoms with Crippen LogP contribution in [0.1, 0.15) is 72.9 Å². The highest BCUT2D eigenvalue weighted by Gasteiger charge is 2.42. The number of halogens is 7. The van der Waals surface area contributed by atoms with Gasteiger partial charge in [0, 0.05) is 51.5 Å². The molecule has 0 saturated carbocycles. The molecule has 2 aromatic rings. The van der Waals surface area contributed by atoms with Gasteiger partial charge in [-0.05, 0) is 86.7 Å². The largest absolute Gasteiger partial charge is 0.416 e. The van der Waals surface area contributed by atoms with Crippen LogP contribution in [0.4, 0.5) is 30.7 Å². The number of amides is 2. The first-order chi connectivity index (χ1) is 20.0. The van der Waals surface area contributed by atoms with Gasteiger partial charge in [-0.2, -0.15) is 26.3 Å².